The minimum absolute atomic E-state index is 0.0409. The molecule has 0 aliphatic heterocycles. The zero-order valence-electron chi connectivity index (χ0n) is 16.7. The van der Waals surface area contributed by atoms with Crippen LogP contribution in [-0.4, -0.2) is 41.6 Å². The fourth-order valence-corrected chi connectivity index (χ4v) is 2.54. The maximum Gasteiger partial charge on any atom is 0.422 e. The lowest BCUT2D eigenvalue weighted by Gasteiger charge is -2.16. The van der Waals surface area contributed by atoms with Crippen LogP contribution in [0.2, 0.25) is 0 Å². The molecule has 30 heavy (non-hydrogen) atoms. The normalized spacial score (nSPS) is 12.2. The van der Waals surface area contributed by atoms with Crippen molar-refractivity contribution in [3.63, 3.8) is 0 Å². The van der Waals surface area contributed by atoms with Gasteiger partial charge in [0.25, 0.3) is 5.91 Å². The summed E-state index contributed by atoms with van der Waals surface area (Å²) in [5.41, 5.74) is 1.39. The highest BCUT2D eigenvalue weighted by Gasteiger charge is 2.29. The van der Waals surface area contributed by atoms with E-state index < -0.39 is 24.7 Å². The van der Waals surface area contributed by atoms with E-state index in [4.69, 9.17) is 4.74 Å². The van der Waals surface area contributed by atoms with Crippen LogP contribution in [0.1, 0.15) is 47.9 Å². The summed E-state index contributed by atoms with van der Waals surface area (Å²) in [4.78, 5) is 32.2. The van der Waals surface area contributed by atoms with Crippen molar-refractivity contribution in [3.8, 4) is 11.8 Å². The fourth-order valence-electron chi connectivity index (χ4n) is 2.54. The van der Waals surface area contributed by atoms with Gasteiger partial charge in [-0.2, -0.15) is 18.2 Å². The maximum atomic E-state index is 12.6. The van der Waals surface area contributed by atoms with E-state index in [1.54, 1.807) is 32.2 Å². The van der Waals surface area contributed by atoms with Crippen molar-refractivity contribution in [2.75, 3.05) is 13.7 Å². The highest BCUT2D eigenvalue weighted by Crippen LogP contribution is 2.23. The number of ketones is 1. The first-order chi connectivity index (χ1) is 14.1. The number of rotatable bonds is 9. The molecule has 0 spiro atoms. The Labute approximate surface area is 171 Å². The van der Waals surface area contributed by atoms with Gasteiger partial charge in [0.2, 0.25) is 11.8 Å². The lowest BCUT2D eigenvalue weighted by atomic mass is 10.1. The number of Topliss-reactive ketones (excluding diaryl/α,β-unsaturated/α-hetero) is 1. The van der Waals surface area contributed by atoms with Crippen LogP contribution >= 0.6 is 0 Å². The summed E-state index contributed by atoms with van der Waals surface area (Å²) < 4.78 is 46.4. The van der Waals surface area contributed by atoms with Crippen LogP contribution in [0.25, 0.3) is 0 Å². The Hall–Kier alpha value is -3.17. The van der Waals surface area contributed by atoms with Gasteiger partial charge < -0.3 is 14.8 Å². The molecule has 1 amide bonds. The van der Waals surface area contributed by atoms with Crippen molar-refractivity contribution >= 4 is 11.7 Å². The number of halogens is 3. The van der Waals surface area contributed by atoms with Crippen molar-refractivity contribution < 1.29 is 32.2 Å². The quantitative estimate of drug-likeness (QED) is 0.662. The molecule has 1 N–H and O–H groups in total. The number of ether oxygens (including phenoxy) is 2. The van der Waals surface area contributed by atoms with Crippen LogP contribution in [-0.2, 0) is 11.2 Å². The summed E-state index contributed by atoms with van der Waals surface area (Å²) >= 11 is 0. The van der Waals surface area contributed by atoms with Gasteiger partial charge in [0, 0.05) is 30.8 Å². The molecule has 1 unspecified atom stereocenters. The first kappa shape index (κ1) is 23.1. The summed E-state index contributed by atoms with van der Waals surface area (Å²) in [7, 11) is 1.25. The topological polar surface area (TPSA) is 90.4 Å². The van der Waals surface area contributed by atoms with Gasteiger partial charge in [0.15, 0.2) is 6.61 Å². The third-order valence-electron chi connectivity index (χ3n) is 4.12. The average Bonchev–Trinajstić information content (AvgIpc) is 2.71. The van der Waals surface area contributed by atoms with E-state index in [0.717, 1.165) is 11.6 Å². The van der Waals surface area contributed by atoms with Gasteiger partial charge in [-0.05, 0) is 30.7 Å². The van der Waals surface area contributed by atoms with Crippen LogP contribution in [0.15, 0.2) is 30.5 Å². The second kappa shape index (κ2) is 10.0. The van der Waals surface area contributed by atoms with Gasteiger partial charge in [0.05, 0.1) is 13.2 Å². The molecule has 7 nitrogen and oxygen atoms in total. The third-order valence-corrected chi connectivity index (χ3v) is 4.12. The number of nitrogens with zero attached hydrogens (tertiary/aromatic N) is 2. The number of pyridine rings is 2. The zero-order valence-corrected chi connectivity index (χ0v) is 16.7. The van der Waals surface area contributed by atoms with Crippen molar-refractivity contribution in [2.24, 2.45) is 0 Å². The molecule has 0 aliphatic rings. The van der Waals surface area contributed by atoms with E-state index in [1.165, 1.54) is 13.2 Å². The molecule has 10 heteroatoms. The lowest BCUT2D eigenvalue weighted by molar-refractivity contribution is -0.154. The maximum absolute atomic E-state index is 12.6. The second-order valence-electron chi connectivity index (χ2n) is 6.45. The molecule has 0 radical (unpaired) electrons. The standard InChI is InChI=1S/C20H22F3N3O4/c1-4-15(27)10-14-9-13(7-8-24-14)12(2)25-18(28)16-5-6-17(26-19(16)29-3)30-11-20(21,22)23/h5-9,12H,4,10-11H2,1-3H3,(H,25,28). The first-order valence-corrected chi connectivity index (χ1v) is 9.15. The Balaban J connectivity index is 2.11. The molecule has 0 aliphatic carbocycles. The minimum atomic E-state index is -4.51. The number of hydrogen-bond donors (Lipinski definition) is 1. The number of methoxy groups -OCH3 is 1. The summed E-state index contributed by atoms with van der Waals surface area (Å²) in [5.74, 6) is -0.950. The second-order valence-corrected chi connectivity index (χ2v) is 6.45. The number of carbonyl (C=O) groups excluding carboxylic acids is 2. The van der Waals surface area contributed by atoms with Gasteiger partial charge in [-0.3, -0.25) is 14.6 Å². The molecule has 0 saturated heterocycles. The van der Waals surface area contributed by atoms with Crippen molar-refractivity contribution in [1.82, 2.24) is 15.3 Å². The molecular formula is C20H22F3N3O4. The summed E-state index contributed by atoms with van der Waals surface area (Å²) in [6.07, 6.45) is -2.33. The zero-order chi connectivity index (χ0) is 22.3. The Morgan fingerprint density at radius 2 is 1.97 bits per heavy atom. The van der Waals surface area contributed by atoms with Crippen LogP contribution in [0, 0.1) is 0 Å². The lowest BCUT2D eigenvalue weighted by Crippen LogP contribution is -2.27. The molecule has 2 aromatic heterocycles. The van der Waals surface area contributed by atoms with Gasteiger partial charge in [-0.25, -0.2) is 0 Å². The molecule has 0 aromatic carbocycles. The van der Waals surface area contributed by atoms with Crippen LogP contribution in [0.5, 0.6) is 11.8 Å². The van der Waals surface area contributed by atoms with Crippen molar-refractivity contribution in [1.29, 1.82) is 0 Å². The van der Waals surface area contributed by atoms with Gasteiger partial charge >= 0.3 is 6.18 Å². The van der Waals surface area contributed by atoms with Gasteiger partial charge in [-0.15, -0.1) is 0 Å². The highest BCUT2D eigenvalue weighted by atomic mass is 19.4. The predicted molar refractivity (Wildman–Crippen MR) is 101 cm³/mol. The molecule has 2 heterocycles. The molecule has 2 rings (SSSR count). The van der Waals surface area contributed by atoms with E-state index in [2.05, 4.69) is 20.0 Å². The smallest absolute Gasteiger partial charge is 0.422 e. The molecule has 2 aromatic rings. The predicted octanol–water partition coefficient (Wildman–Crippen LogP) is 3.44. The van der Waals surface area contributed by atoms with Crippen molar-refractivity contribution in [2.45, 2.75) is 38.9 Å². The Morgan fingerprint density at radius 3 is 2.60 bits per heavy atom. The Kier molecular flexibility index (Phi) is 7.73. The molecule has 1 atom stereocenters. The van der Waals surface area contributed by atoms with E-state index in [9.17, 15) is 22.8 Å². The SMILES string of the molecule is CCC(=O)Cc1cc(C(C)NC(=O)c2ccc(OCC(F)(F)F)nc2OC)ccn1. The molecule has 0 saturated carbocycles. The largest absolute Gasteiger partial charge is 0.480 e. The number of alkyl halides is 3. The van der Waals surface area contributed by atoms with E-state index in [1.807, 2.05) is 0 Å². The van der Waals surface area contributed by atoms with Crippen molar-refractivity contribution in [3.05, 3.63) is 47.3 Å². The van der Waals surface area contributed by atoms with Gasteiger partial charge in [-0.1, -0.05) is 6.92 Å². The van der Waals surface area contributed by atoms with Crippen LogP contribution in [0.4, 0.5) is 13.2 Å². The number of carbonyl (C=O) groups is 2. The molecule has 0 bridgehead atoms. The third kappa shape index (κ3) is 6.71. The van der Waals surface area contributed by atoms with E-state index >= 15 is 0 Å². The molecular weight excluding hydrogens is 403 g/mol. The number of aromatic nitrogens is 2. The first-order valence-electron chi connectivity index (χ1n) is 9.15. The van der Waals surface area contributed by atoms with E-state index in [-0.39, 0.29) is 29.5 Å². The Morgan fingerprint density at radius 1 is 1.23 bits per heavy atom. The fraction of sp³-hybridized carbons (Fsp3) is 0.400. The summed E-state index contributed by atoms with van der Waals surface area (Å²) in [5, 5.41) is 2.76. The minimum Gasteiger partial charge on any atom is -0.480 e. The summed E-state index contributed by atoms with van der Waals surface area (Å²) in [6.45, 7) is 2.02. The van der Waals surface area contributed by atoms with E-state index in [0.29, 0.717) is 12.1 Å². The Bertz CT molecular complexity index is 903. The molecule has 0 fully saturated rings. The number of nitrogens with one attached hydrogen (secondary N) is 1. The average molecular weight is 425 g/mol. The summed E-state index contributed by atoms with van der Waals surface area (Å²) in [6, 6.07) is 5.46. The number of hydrogen-bond acceptors (Lipinski definition) is 6. The van der Waals surface area contributed by atoms with Crippen LogP contribution in [0.3, 0.4) is 0 Å². The van der Waals surface area contributed by atoms with Gasteiger partial charge in [0.1, 0.15) is 11.3 Å². The highest BCUT2D eigenvalue weighted by molar-refractivity contribution is 5.96. The number of amides is 1. The monoisotopic (exact) mass is 425 g/mol. The molecule has 162 valence electrons. The van der Waals surface area contributed by atoms with Crippen LogP contribution < -0.4 is 14.8 Å².